The maximum absolute atomic E-state index is 14.0. The quantitative estimate of drug-likeness (QED) is 0.404. The van der Waals surface area contributed by atoms with E-state index >= 15 is 0 Å². The number of carbonyl (C=O) groups is 1. The van der Waals surface area contributed by atoms with Gasteiger partial charge in [-0.1, -0.05) is 6.92 Å². The molecule has 2 bridgehead atoms. The van der Waals surface area contributed by atoms with Crippen molar-refractivity contribution in [2.75, 3.05) is 5.32 Å². The van der Waals surface area contributed by atoms with Gasteiger partial charge in [-0.15, -0.1) is 13.2 Å². The van der Waals surface area contributed by atoms with Crippen LogP contribution in [0.2, 0.25) is 0 Å². The number of fused-ring (bicyclic) bond motifs is 5. The number of nitrogens with zero attached hydrogens (tertiary/aromatic N) is 1. The molecule has 1 amide bonds. The van der Waals surface area contributed by atoms with Crippen molar-refractivity contribution in [3.63, 3.8) is 0 Å². The highest BCUT2D eigenvalue weighted by Gasteiger charge is 2.44. The fourth-order valence-corrected chi connectivity index (χ4v) is 3.96. The summed E-state index contributed by atoms with van der Waals surface area (Å²) in [5.74, 6) is -2.59. The third-order valence-corrected chi connectivity index (χ3v) is 5.30. The molecule has 0 radical (unpaired) electrons. The van der Waals surface area contributed by atoms with Gasteiger partial charge in [0.25, 0.3) is 5.91 Å². The summed E-state index contributed by atoms with van der Waals surface area (Å²) in [6, 6.07) is 6.31. The Kier molecular flexibility index (Phi) is 4.02. The molecular formula is C22H14F4N2O3. The van der Waals surface area contributed by atoms with Gasteiger partial charge in [0.1, 0.15) is 11.2 Å². The van der Waals surface area contributed by atoms with Gasteiger partial charge < -0.3 is 14.5 Å². The van der Waals surface area contributed by atoms with Crippen molar-refractivity contribution in [3.05, 3.63) is 64.7 Å². The predicted octanol–water partition coefficient (Wildman–Crippen LogP) is 6.00. The molecule has 158 valence electrons. The second-order valence-electron chi connectivity index (χ2n) is 7.39. The van der Waals surface area contributed by atoms with Crippen LogP contribution < -0.4 is 10.1 Å². The largest absolute Gasteiger partial charge is 0.573 e. The first-order chi connectivity index (χ1) is 14.6. The van der Waals surface area contributed by atoms with Gasteiger partial charge in [-0.25, -0.2) is 4.39 Å². The molecule has 1 aliphatic rings. The van der Waals surface area contributed by atoms with Crippen LogP contribution in [0.1, 0.15) is 40.0 Å². The first-order valence-electron chi connectivity index (χ1n) is 9.35. The van der Waals surface area contributed by atoms with Gasteiger partial charge >= 0.3 is 6.36 Å². The summed E-state index contributed by atoms with van der Waals surface area (Å²) >= 11 is 0. The van der Waals surface area contributed by atoms with Crippen molar-refractivity contribution in [1.82, 2.24) is 4.98 Å². The van der Waals surface area contributed by atoms with Crippen LogP contribution in [0.5, 0.6) is 5.75 Å². The number of furan rings is 2. The zero-order valence-electron chi connectivity index (χ0n) is 16.2. The summed E-state index contributed by atoms with van der Waals surface area (Å²) < 4.78 is 60.5. The average molecular weight is 430 g/mol. The lowest BCUT2D eigenvalue weighted by Gasteiger charge is -2.11. The number of amides is 1. The van der Waals surface area contributed by atoms with E-state index in [4.69, 9.17) is 4.42 Å². The van der Waals surface area contributed by atoms with E-state index in [2.05, 4.69) is 15.0 Å². The van der Waals surface area contributed by atoms with Gasteiger partial charge in [0.2, 0.25) is 0 Å². The number of nitrogens with one attached hydrogen (secondary N) is 1. The molecule has 0 aliphatic heterocycles. The third kappa shape index (κ3) is 3.17. The van der Waals surface area contributed by atoms with Gasteiger partial charge in [-0.2, -0.15) is 0 Å². The van der Waals surface area contributed by atoms with Gasteiger partial charge in [-0.05, 0) is 36.8 Å². The van der Waals surface area contributed by atoms with E-state index in [9.17, 15) is 22.4 Å². The molecule has 1 N–H and O–H groups in total. The van der Waals surface area contributed by atoms with Crippen molar-refractivity contribution in [3.8, 4) is 16.9 Å². The monoisotopic (exact) mass is 430 g/mol. The van der Waals surface area contributed by atoms with Gasteiger partial charge in [0.15, 0.2) is 11.6 Å². The molecule has 1 aliphatic carbocycles. The maximum Gasteiger partial charge on any atom is 0.573 e. The molecule has 0 fully saturated rings. The number of anilines is 1. The summed E-state index contributed by atoms with van der Waals surface area (Å²) in [4.78, 5) is 17.3. The second kappa shape index (κ2) is 6.44. The fourth-order valence-electron chi connectivity index (χ4n) is 3.96. The zero-order valence-corrected chi connectivity index (χ0v) is 16.2. The predicted molar refractivity (Wildman–Crippen MR) is 104 cm³/mol. The number of hydrogen-bond donors (Lipinski definition) is 1. The molecule has 0 unspecified atom stereocenters. The number of aryl methyl sites for hydroxylation is 1. The van der Waals surface area contributed by atoms with Crippen LogP contribution in [0.15, 0.2) is 40.9 Å². The number of carbonyl (C=O) groups excluding carboxylic acids is 1. The first-order valence-corrected chi connectivity index (χ1v) is 9.35. The molecular weight excluding hydrogens is 416 g/mol. The van der Waals surface area contributed by atoms with Crippen molar-refractivity contribution in [1.29, 1.82) is 0 Å². The number of aromatic nitrogens is 1. The lowest BCUT2D eigenvalue weighted by molar-refractivity contribution is -0.275. The SMILES string of the molecule is Cc1cc(-c2c(C(=O)Nc3ccc(OC(F)(F)F)c(F)c3)c3oc2c2c3[C@@H]2C)ccn1. The minimum atomic E-state index is -5.02. The Labute approximate surface area is 173 Å². The number of halogens is 4. The molecule has 0 saturated carbocycles. The number of ether oxygens (including phenoxy) is 1. The Hall–Kier alpha value is -3.62. The lowest BCUT2D eigenvalue weighted by Crippen LogP contribution is -2.18. The lowest BCUT2D eigenvalue weighted by atomic mass is 9.99. The summed E-state index contributed by atoms with van der Waals surface area (Å²) in [6.45, 7) is 3.84. The molecule has 4 aromatic rings. The number of hydrogen-bond acceptors (Lipinski definition) is 4. The van der Waals surface area contributed by atoms with Crippen LogP contribution in [0.25, 0.3) is 22.3 Å². The molecule has 3 heterocycles. The average Bonchev–Trinajstić information content (AvgIpc) is 3.05. The van der Waals surface area contributed by atoms with E-state index in [-0.39, 0.29) is 11.6 Å². The highest BCUT2D eigenvalue weighted by Crippen LogP contribution is 2.58. The van der Waals surface area contributed by atoms with Crippen molar-refractivity contribution in [2.24, 2.45) is 0 Å². The minimum Gasteiger partial charge on any atom is -0.455 e. The molecule has 1 aromatic carbocycles. The molecule has 5 nitrogen and oxygen atoms in total. The van der Waals surface area contributed by atoms with E-state index in [1.807, 2.05) is 19.9 Å². The second-order valence-corrected chi connectivity index (χ2v) is 7.39. The van der Waals surface area contributed by atoms with Gasteiger partial charge in [0, 0.05) is 46.3 Å². The molecule has 9 heteroatoms. The van der Waals surface area contributed by atoms with E-state index in [1.54, 1.807) is 12.3 Å². The van der Waals surface area contributed by atoms with Crippen molar-refractivity contribution < 1.29 is 31.5 Å². The molecule has 1 atom stereocenters. The van der Waals surface area contributed by atoms with Crippen LogP contribution in [0.3, 0.4) is 0 Å². The van der Waals surface area contributed by atoms with Crippen LogP contribution in [0, 0.1) is 12.7 Å². The van der Waals surface area contributed by atoms with Gasteiger partial charge in [-0.3, -0.25) is 9.78 Å². The highest BCUT2D eigenvalue weighted by molar-refractivity contribution is 6.19. The van der Waals surface area contributed by atoms with Crippen LogP contribution in [0.4, 0.5) is 23.2 Å². The Morgan fingerprint density at radius 2 is 1.90 bits per heavy atom. The van der Waals surface area contributed by atoms with Crippen molar-refractivity contribution >= 4 is 22.8 Å². The topological polar surface area (TPSA) is 64.4 Å². The maximum atomic E-state index is 14.0. The normalized spacial score (nSPS) is 15.2. The Bertz CT molecular complexity index is 1340. The van der Waals surface area contributed by atoms with E-state index in [1.165, 1.54) is 0 Å². The summed E-state index contributed by atoms with van der Waals surface area (Å²) in [7, 11) is 0. The zero-order chi connectivity index (χ0) is 22.1. The molecule has 31 heavy (non-hydrogen) atoms. The Balaban J connectivity index is 1.51. The van der Waals surface area contributed by atoms with E-state index < -0.39 is 23.8 Å². The van der Waals surface area contributed by atoms with Crippen LogP contribution in [-0.4, -0.2) is 17.3 Å². The summed E-state index contributed by atoms with van der Waals surface area (Å²) in [5, 5.41) is 2.54. The van der Waals surface area contributed by atoms with Crippen LogP contribution >= 0.6 is 0 Å². The standard InChI is InChI=1S/C22H14F4N2O3/c1-9-7-11(5-6-27-9)17-18(20-16-10(2)15(16)19(17)30-20)21(29)28-12-3-4-14(13(23)8-12)31-22(24,25)26/h3-8,10H,1-2H3,(H,28,29)/t10-/m1/s1. The molecule has 3 aromatic heterocycles. The third-order valence-electron chi connectivity index (χ3n) is 5.30. The van der Waals surface area contributed by atoms with Crippen LogP contribution in [-0.2, 0) is 0 Å². The smallest absolute Gasteiger partial charge is 0.455 e. The number of alkyl halides is 3. The number of benzene rings is 2. The summed E-state index contributed by atoms with van der Waals surface area (Å²) in [5.41, 5.74) is 5.57. The molecule has 0 spiro atoms. The highest BCUT2D eigenvalue weighted by atomic mass is 19.4. The fraction of sp³-hybridized carbons (Fsp3) is 0.182. The first kappa shape index (κ1) is 19.3. The minimum absolute atomic E-state index is 0.0128. The number of rotatable bonds is 4. The van der Waals surface area contributed by atoms with E-state index in [0.717, 1.165) is 40.6 Å². The Morgan fingerprint density at radius 3 is 2.58 bits per heavy atom. The van der Waals surface area contributed by atoms with Crippen molar-refractivity contribution in [2.45, 2.75) is 26.1 Å². The molecule has 0 saturated heterocycles. The number of pyridine rings is 1. The molecule has 5 rings (SSSR count). The Morgan fingerprint density at radius 1 is 1.16 bits per heavy atom. The van der Waals surface area contributed by atoms with E-state index in [0.29, 0.717) is 22.3 Å². The summed E-state index contributed by atoms with van der Waals surface area (Å²) in [6.07, 6.45) is -3.39. The van der Waals surface area contributed by atoms with Gasteiger partial charge in [0.05, 0.1) is 5.56 Å².